The number of rotatable bonds is 19. The molecule has 6 aromatic carbocycles. The number of nitriles is 2. The van der Waals surface area contributed by atoms with Crippen LogP contribution >= 0.6 is 22.7 Å². The molecule has 6 saturated carbocycles. The fraction of sp³-hybridized carbons (Fsp3) is 0.435. The lowest BCUT2D eigenvalue weighted by Gasteiger charge is -2.37. The molecular weight excluding hydrogens is 1390 g/mol. The van der Waals surface area contributed by atoms with E-state index in [9.17, 15) is 29.7 Å². The Morgan fingerprint density at radius 3 is 1.23 bits per heavy atom. The van der Waals surface area contributed by atoms with Crippen molar-refractivity contribution in [3.63, 3.8) is 0 Å². The number of fused-ring (bicyclic) bond motifs is 3. The van der Waals surface area contributed by atoms with E-state index in [1.54, 1.807) is 12.1 Å². The third-order valence-corrected chi connectivity index (χ3v) is 28.0. The molecule has 0 spiro atoms. The zero-order chi connectivity index (χ0) is 74.5. The van der Waals surface area contributed by atoms with Crippen LogP contribution in [0.15, 0.2) is 158 Å². The minimum Gasteiger partial charge on any atom is -0.462 e. The molecule has 0 amide bonds. The smallest absolute Gasteiger partial charge is 0.328 e. The van der Waals surface area contributed by atoms with Gasteiger partial charge >= 0.3 is 30.7 Å². The Bertz CT molecular complexity index is 5020. The van der Waals surface area contributed by atoms with E-state index >= 15 is 0 Å². The standard InChI is InChI=1S/C92H97BN6O8S2/c1-3-57-23-27-59(28-24-57)61-31-35-65(36-32-61)89(100)106-73-51-43-67(44-52-73)91(102)104-71-47-39-63(40-48-71)83-81-82(84(98-83)75(55-94)87-96-77-19-11-13-21-79(77)108-87)85(99(93(69-15-7-5-8-16-69)70-17-9-6-10-18-70)86(81)76(56-95)88-97-78-20-12-14-22-80(78)109-88)64-41-49-72(50-42-64)105-92(103)68-45-53-74(54-46-68)107-90(101)66-37-33-62(34-38-66)60-29-25-58(4-2)26-30-60/h5-22,39-42,47-50,57-62,65-68,73-74,98H,3-4,23-38,43-46,51-54H2,1-2H3/b84-75-,86-76-. The van der Waals surface area contributed by atoms with Crippen LogP contribution in [-0.4, -0.2) is 62.4 Å². The maximum atomic E-state index is 14.4. The molecule has 0 bridgehead atoms. The van der Waals surface area contributed by atoms with Gasteiger partial charge in [-0.25, -0.2) is 9.97 Å². The summed E-state index contributed by atoms with van der Waals surface area (Å²) in [7, 11) is 0. The number of thiazole rings is 2. The highest BCUT2D eigenvalue weighted by Gasteiger charge is 2.40. The molecule has 6 aliphatic rings. The number of benzene rings is 6. The number of hydrogen-bond donors (Lipinski definition) is 1. The highest BCUT2D eigenvalue weighted by atomic mass is 32.1. The second kappa shape index (κ2) is 33.4. The fourth-order valence-corrected chi connectivity index (χ4v) is 21.5. The molecule has 14 nitrogen and oxygen atoms in total. The number of carbonyl (C=O) groups is 4. The van der Waals surface area contributed by atoms with Gasteiger partial charge in [-0.15, -0.1) is 22.7 Å². The van der Waals surface area contributed by atoms with E-state index in [1.807, 2.05) is 121 Å². The van der Waals surface area contributed by atoms with Crippen LogP contribution in [0.2, 0.25) is 0 Å². The van der Waals surface area contributed by atoms with Gasteiger partial charge in [0.05, 0.1) is 60.5 Å². The SMILES string of the molecule is CCC1CCC(C2CCC(C(=O)OC3CCC(C(=O)Oc4ccc(-c5[nH]/c(=C(/C#N)c6nc7ccccc7s6)c6c(-c7ccc(OC(=O)C8CCC(OC(=O)C9CCC(C%10CCC(CC)CC%10)CC9)CC8)cc7)n(B(c7ccccc7)c7ccccc7)/c(=C(/C#N)c7nc8ccccc8s7)c56)cc4)CC3)CC2)CC1. The number of H-pyrrole nitrogens is 1. The van der Waals surface area contributed by atoms with Gasteiger partial charge in [-0.2, -0.15) is 10.5 Å². The van der Waals surface area contributed by atoms with Crippen LogP contribution in [0.4, 0.5) is 0 Å². The molecule has 558 valence electrons. The number of esters is 4. The maximum Gasteiger partial charge on any atom is 0.328 e. The molecule has 6 fully saturated rings. The lowest BCUT2D eigenvalue weighted by Crippen LogP contribution is -2.53. The predicted octanol–water partition coefficient (Wildman–Crippen LogP) is 18.7. The summed E-state index contributed by atoms with van der Waals surface area (Å²) in [5, 5.41) is 27.3. The van der Waals surface area contributed by atoms with Crippen molar-refractivity contribution in [1.29, 1.82) is 10.5 Å². The number of aromatic amines is 1. The monoisotopic (exact) mass is 1490 g/mol. The summed E-state index contributed by atoms with van der Waals surface area (Å²) in [6.45, 7) is 4.02. The van der Waals surface area contributed by atoms with E-state index in [0.29, 0.717) is 122 Å². The van der Waals surface area contributed by atoms with Crippen LogP contribution in [0.1, 0.15) is 191 Å². The Hall–Kier alpha value is -9.42. The second-order valence-electron chi connectivity index (χ2n) is 32.2. The Balaban J connectivity index is 0.727. The van der Waals surface area contributed by atoms with Gasteiger partial charge in [0.25, 0.3) is 0 Å². The number of ether oxygens (including phenoxy) is 4. The van der Waals surface area contributed by atoms with Crippen molar-refractivity contribution in [3.05, 3.63) is 178 Å². The summed E-state index contributed by atoms with van der Waals surface area (Å²) in [5.74, 6) is 3.86. The third kappa shape index (κ3) is 15.9. The van der Waals surface area contributed by atoms with Gasteiger partial charge in [0.1, 0.15) is 57.0 Å². The van der Waals surface area contributed by atoms with Crippen LogP contribution < -0.4 is 31.1 Å². The molecule has 0 unspecified atom stereocenters. The van der Waals surface area contributed by atoms with Crippen LogP contribution in [0.25, 0.3) is 64.9 Å². The molecule has 109 heavy (non-hydrogen) atoms. The van der Waals surface area contributed by atoms with Gasteiger partial charge in [-0.3, -0.25) is 19.2 Å². The van der Waals surface area contributed by atoms with E-state index in [0.717, 1.165) is 118 Å². The van der Waals surface area contributed by atoms with Crippen molar-refractivity contribution in [1.82, 2.24) is 19.4 Å². The van der Waals surface area contributed by atoms with Crippen LogP contribution in [-0.2, 0) is 28.7 Å². The van der Waals surface area contributed by atoms with Gasteiger partial charge < -0.3 is 28.4 Å². The van der Waals surface area contributed by atoms with E-state index in [-0.39, 0.29) is 65.3 Å². The Morgan fingerprint density at radius 1 is 0.440 bits per heavy atom. The molecule has 4 heterocycles. The highest BCUT2D eigenvalue weighted by Crippen LogP contribution is 2.46. The molecular formula is C92H97BN6O8S2. The Morgan fingerprint density at radius 2 is 0.817 bits per heavy atom. The summed E-state index contributed by atoms with van der Waals surface area (Å²) in [4.78, 5) is 70.1. The van der Waals surface area contributed by atoms with Gasteiger partial charge in [-0.1, -0.05) is 148 Å². The summed E-state index contributed by atoms with van der Waals surface area (Å²) in [6.07, 6.45) is 25.5. The zero-order valence-corrected chi connectivity index (χ0v) is 64.4. The van der Waals surface area contributed by atoms with Crippen LogP contribution in [0.5, 0.6) is 11.5 Å². The number of carbonyl (C=O) groups excluding carboxylic acids is 4. The van der Waals surface area contributed by atoms with E-state index in [4.69, 9.17) is 28.9 Å². The normalized spacial score (nSPS) is 25.1. The predicted molar refractivity (Wildman–Crippen MR) is 433 cm³/mol. The minimum atomic E-state index is -0.609. The van der Waals surface area contributed by atoms with E-state index in [2.05, 4.69) is 59.7 Å². The molecule has 17 heteroatoms. The van der Waals surface area contributed by atoms with Crippen LogP contribution in [0.3, 0.4) is 0 Å². The summed E-state index contributed by atoms with van der Waals surface area (Å²) < 4.78 is 29.0. The van der Waals surface area contributed by atoms with Gasteiger partial charge in [0.2, 0.25) is 0 Å². The third-order valence-electron chi connectivity index (χ3n) is 25.9. The molecule has 10 aromatic rings. The molecule has 4 aromatic heterocycles. The Labute approximate surface area is 647 Å². The molecule has 1 N–H and O–H groups in total. The first-order valence-electron chi connectivity index (χ1n) is 40.7. The van der Waals surface area contributed by atoms with Gasteiger partial charge in [0.15, 0.2) is 0 Å². The first kappa shape index (κ1) is 73.7. The average Bonchev–Trinajstić information content (AvgIpc) is 1.54. The highest BCUT2D eigenvalue weighted by molar-refractivity contribution is 7.20. The molecule has 0 atom stereocenters. The van der Waals surface area contributed by atoms with Crippen molar-refractivity contribution in [2.75, 3.05) is 0 Å². The number of nitrogens with one attached hydrogen (secondary N) is 1. The number of para-hydroxylation sites is 2. The zero-order valence-electron chi connectivity index (χ0n) is 62.7. The van der Waals surface area contributed by atoms with Gasteiger partial charge in [-0.05, 0) is 248 Å². The van der Waals surface area contributed by atoms with Crippen molar-refractivity contribution in [2.24, 2.45) is 59.2 Å². The minimum absolute atomic E-state index is 0.0490. The molecule has 6 aliphatic carbocycles. The largest absolute Gasteiger partial charge is 0.462 e. The number of nitrogens with zero attached hydrogens (tertiary/aromatic N) is 5. The lowest BCUT2D eigenvalue weighted by molar-refractivity contribution is -0.159. The number of hydrogen-bond acceptors (Lipinski definition) is 14. The maximum absolute atomic E-state index is 14.4. The van der Waals surface area contributed by atoms with E-state index in [1.165, 1.54) is 86.9 Å². The second-order valence-corrected chi connectivity index (χ2v) is 34.2. The van der Waals surface area contributed by atoms with E-state index < -0.39 is 6.85 Å². The topological polar surface area (TPSA) is 199 Å². The summed E-state index contributed by atoms with van der Waals surface area (Å²) >= 11 is 2.85. The summed E-state index contributed by atoms with van der Waals surface area (Å²) in [5.41, 5.74) is 6.54. The first-order valence-corrected chi connectivity index (χ1v) is 42.3. The quantitative estimate of drug-likeness (QED) is 0.0457. The lowest BCUT2D eigenvalue weighted by atomic mass is 9.50. The van der Waals surface area contributed by atoms with Crippen molar-refractivity contribution in [2.45, 2.75) is 193 Å². The van der Waals surface area contributed by atoms with Gasteiger partial charge in [0, 0.05) is 16.5 Å². The van der Waals surface area contributed by atoms with Crippen molar-refractivity contribution < 1.29 is 38.1 Å². The Kier molecular flexibility index (Phi) is 22.6. The van der Waals surface area contributed by atoms with Crippen LogP contribution in [0, 0.1) is 81.8 Å². The summed E-state index contributed by atoms with van der Waals surface area (Å²) in [6, 6.07) is 56.4. The molecule has 16 rings (SSSR count). The van der Waals surface area contributed by atoms with Crippen molar-refractivity contribution >= 4 is 107 Å². The van der Waals surface area contributed by atoms with Crippen molar-refractivity contribution in [3.8, 4) is 46.2 Å². The number of aromatic nitrogens is 4. The molecule has 0 saturated heterocycles. The molecule has 0 radical (unpaired) electrons. The molecule has 0 aliphatic heterocycles. The first-order chi connectivity index (χ1) is 53.4. The fourth-order valence-electron chi connectivity index (χ4n) is 19.6. The average molecular weight is 1490 g/mol.